The zero-order valence-electron chi connectivity index (χ0n) is 15.2. The largest absolute Gasteiger partial charge is 0.508 e. The Hall–Kier alpha value is -3.22. The summed E-state index contributed by atoms with van der Waals surface area (Å²) < 4.78 is 0. The molecule has 0 saturated carbocycles. The van der Waals surface area contributed by atoms with Gasteiger partial charge in [-0.15, -0.1) is 0 Å². The topological polar surface area (TPSA) is 67.3 Å². The van der Waals surface area contributed by atoms with Gasteiger partial charge in [-0.25, -0.2) is 4.79 Å². The highest BCUT2D eigenvalue weighted by Crippen LogP contribution is 2.26. The number of carbonyl (C=O) groups excluding carboxylic acids is 2. The van der Waals surface area contributed by atoms with Gasteiger partial charge in [0, 0.05) is 50.3 Å². The number of anilines is 3. The normalized spacial score (nSPS) is 17.8. The van der Waals surface area contributed by atoms with E-state index in [0.717, 1.165) is 48.1 Å². The van der Waals surface area contributed by atoms with Gasteiger partial charge in [-0.05, 0) is 48.5 Å². The van der Waals surface area contributed by atoms with Gasteiger partial charge in [-0.3, -0.25) is 14.6 Å². The van der Waals surface area contributed by atoms with Gasteiger partial charge in [0.2, 0.25) is 5.91 Å². The number of urea groups is 1. The number of aromatic hydroxyl groups is 1. The summed E-state index contributed by atoms with van der Waals surface area (Å²) in [6, 6.07) is 14.8. The number of benzene rings is 2. The van der Waals surface area contributed by atoms with Crippen LogP contribution in [0.5, 0.6) is 5.75 Å². The minimum absolute atomic E-state index is 0.0972. The molecule has 0 bridgehead atoms. The smallest absolute Gasteiger partial charge is 0.331 e. The lowest BCUT2D eigenvalue weighted by molar-refractivity contribution is -0.123. The van der Waals surface area contributed by atoms with Gasteiger partial charge < -0.3 is 14.9 Å². The van der Waals surface area contributed by atoms with E-state index in [1.165, 1.54) is 11.9 Å². The van der Waals surface area contributed by atoms with E-state index in [4.69, 9.17) is 0 Å². The van der Waals surface area contributed by atoms with E-state index in [9.17, 15) is 14.7 Å². The number of phenols is 1. The molecular formula is C20H22N4O3. The lowest BCUT2D eigenvalue weighted by Crippen LogP contribution is -2.46. The van der Waals surface area contributed by atoms with Crippen molar-refractivity contribution in [3.05, 3.63) is 48.5 Å². The maximum Gasteiger partial charge on any atom is 0.331 e. The number of nitrogens with zero attached hydrogens (tertiary/aromatic N) is 4. The number of carbonyl (C=O) groups is 2. The van der Waals surface area contributed by atoms with Gasteiger partial charge in [-0.1, -0.05) is 0 Å². The quantitative estimate of drug-likeness (QED) is 0.843. The Morgan fingerprint density at radius 2 is 1.19 bits per heavy atom. The van der Waals surface area contributed by atoms with Crippen LogP contribution >= 0.6 is 0 Å². The minimum Gasteiger partial charge on any atom is -0.508 e. The third-order valence-corrected chi connectivity index (χ3v) is 5.21. The van der Waals surface area contributed by atoms with Crippen molar-refractivity contribution in [2.75, 3.05) is 54.5 Å². The fourth-order valence-electron chi connectivity index (χ4n) is 3.53. The van der Waals surface area contributed by atoms with Crippen LogP contribution in [0.3, 0.4) is 0 Å². The monoisotopic (exact) mass is 366 g/mol. The predicted molar refractivity (Wildman–Crippen MR) is 104 cm³/mol. The Bertz CT molecular complexity index is 843. The summed E-state index contributed by atoms with van der Waals surface area (Å²) in [5.74, 6) is 0.0938. The molecule has 3 amide bonds. The summed E-state index contributed by atoms with van der Waals surface area (Å²) >= 11 is 0. The lowest BCUT2D eigenvalue weighted by atomic mass is 10.2. The third kappa shape index (κ3) is 3.28. The summed E-state index contributed by atoms with van der Waals surface area (Å²) in [7, 11) is 1.51. The van der Waals surface area contributed by atoms with Gasteiger partial charge in [0.25, 0.3) is 0 Å². The zero-order chi connectivity index (χ0) is 19.0. The van der Waals surface area contributed by atoms with E-state index in [0.29, 0.717) is 0 Å². The van der Waals surface area contributed by atoms with Gasteiger partial charge in [-0.2, -0.15) is 0 Å². The van der Waals surface area contributed by atoms with Crippen LogP contribution in [0.4, 0.5) is 21.9 Å². The van der Waals surface area contributed by atoms with Crippen LogP contribution in [-0.4, -0.2) is 61.7 Å². The number of amides is 3. The van der Waals surface area contributed by atoms with Crippen molar-refractivity contribution in [2.24, 2.45) is 0 Å². The molecule has 140 valence electrons. The fourth-order valence-corrected chi connectivity index (χ4v) is 3.53. The van der Waals surface area contributed by atoms with Gasteiger partial charge in [0.15, 0.2) is 0 Å². The molecule has 7 heteroatoms. The average Bonchev–Trinajstić information content (AvgIpc) is 2.96. The molecule has 2 fully saturated rings. The number of hydrogen-bond acceptors (Lipinski definition) is 5. The van der Waals surface area contributed by atoms with Crippen LogP contribution in [0.1, 0.15) is 0 Å². The number of rotatable bonds is 3. The second-order valence-electron chi connectivity index (χ2n) is 6.83. The summed E-state index contributed by atoms with van der Waals surface area (Å²) in [6.07, 6.45) is 0. The molecule has 27 heavy (non-hydrogen) atoms. The first-order valence-corrected chi connectivity index (χ1v) is 9.00. The van der Waals surface area contributed by atoms with Crippen molar-refractivity contribution in [3.8, 4) is 5.75 Å². The molecule has 2 aliphatic rings. The van der Waals surface area contributed by atoms with E-state index in [1.54, 1.807) is 12.1 Å². The minimum atomic E-state index is -0.282. The van der Waals surface area contributed by atoms with Crippen molar-refractivity contribution in [3.63, 3.8) is 0 Å². The summed E-state index contributed by atoms with van der Waals surface area (Å²) in [5.41, 5.74) is 2.96. The molecule has 7 nitrogen and oxygen atoms in total. The van der Waals surface area contributed by atoms with E-state index >= 15 is 0 Å². The summed E-state index contributed by atoms with van der Waals surface area (Å²) in [5, 5.41) is 9.42. The number of phenolic OH excluding ortho intramolecular Hbond substituents is 1. The Labute approximate surface area is 158 Å². The van der Waals surface area contributed by atoms with Crippen LogP contribution in [-0.2, 0) is 4.79 Å². The molecule has 0 unspecified atom stereocenters. The van der Waals surface area contributed by atoms with Crippen LogP contribution in [0.25, 0.3) is 0 Å². The highest BCUT2D eigenvalue weighted by Gasteiger charge is 2.33. The maximum atomic E-state index is 12.1. The second kappa shape index (κ2) is 6.83. The molecular weight excluding hydrogens is 344 g/mol. The standard InChI is InChI=1S/C20H22N4O3/c1-21-19(26)14-24(20(21)27)17-4-2-15(3-5-17)22-10-12-23(13-11-22)16-6-8-18(25)9-7-16/h2-9,25H,10-14H2,1H3. The van der Waals surface area contributed by atoms with Crippen molar-refractivity contribution in [1.82, 2.24) is 4.90 Å². The van der Waals surface area contributed by atoms with Crippen molar-refractivity contribution in [2.45, 2.75) is 0 Å². The van der Waals surface area contributed by atoms with Crippen molar-refractivity contribution < 1.29 is 14.7 Å². The highest BCUT2D eigenvalue weighted by atomic mass is 16.3. The Morgan fingerprint density at radius 1 is 0.741 bits per heavy atom. The van der Waals surface area contributed by atoms with E-state index in [1.807, 2.05) is 36.4 Å². The predicted octanol–water partition coefficient (Wildman–Crippen LogP) is 2.12. The lowest BCUT2D eigenvalue weighted by Gasteiger charge is -2.37. The van der Waals surface area contributed by atoms with E-state index in [-0.39, 0.29) is 24.2 Å². The molecule has 0 radical (unpaired) electrons. The molecule has 2 aromatic carbocycles. The number of likely N-dealkylation sites (N-methyl/N-ethyl adjacent to an activating group) is 1. The van der Waals surface area contributed by atoms with Crippen molar-refractivity contribution in [1.29, 1.82) is 0 Å². The van der Waals surface area contributed by atoms with Crippen LogP contribution in [0.2, 0.25) is 0 Å². The van der Waals surface area contributed by atoms with Crippen LogP contribution < -0.4 is 14.7 Å². The maximum absolute atomic E-state index is 12.1. The highest BCUT2D eigenvalue weighted by molar-refractivity contribution is 6.11. The van der Waals surface area contributed by atoms with E-state index in [2.05, 4.69) is 9.80 Å². The first-order valence-electron chi connectivity index (χ1n) is 9.00. The fraction of sp³-hybridized carbons (Fsp3) is 0.300. The van der Waals surface area contributed by atoms with Gasteiger partial charge >= 0.3 is 6.03 Å². The van der Waals surface area contributed by atoms with Crippen LogP contribution in [0, 0.1) is 0 Å². The molecule has 2 aromatic rings. The Morgan fingerprint density at radius 3 is 1.63 bits per heavy atom. The molecule has 4 rings (SSSR count). The summed E-state index contributed by atoms with van der Waals surface area (Å²) in [4.78, 5) is 31.0. The Kier molecular flexibility index (Phi) is 4.35. The SMILES string of the molecule is CN1C(=O)CN(c2ccc(N3CCN(c4ccc(O)cc4)CC3)cc2)C1=O. The molecule has 0 aromatic heterocycles. The third-order valence-electron chi connectivity index (χ3n) is 5.21. The number of hydrogen-bond donors (Lipinski definition) is 1. The second-order valence-corrected chi connectivity index (χ2v) is 6.83. The Balaban J connectivity index is 1.40. The van der Waals surface area contributed by atoms with Gasteiger partial charge in [0.1, 0.15) is 12.3 Å². The molecule has 2 heterocycles. The molecule has 0 atom stereocenters. The first-order chi connectivity index (χ1) is 13.0. The first kappa shape index (κ1) is 17.2. The zero-order valence-corrected chi connectivity index (χ0v) is 15.2. The number of piperazine rings is 1. The van der Waals surface area contributed by atoms with Crippen LogP contribution in [0.15, 0.2) is 48.5 Å². The van der Waals surface area contributed by atoms with E-state index < -0.39 is 0 Å². The van der Waals surface area contributed by atoms with Gasteiger partial charge in [0.05, 0.1) is 0 Å². The molecule has 2 aliphatic heterocycles. The summed E-state index contributed by atoms with van der Waals surface area (Å²) in [6.45, 7) is 3.68. The average molecular weight is 366 g/mol. The molecule has 2 saturated heterocycles. The molecule has 0 aliphatic carbocycles. The molecule has 1 N–H and O–H groups in total. The number of imide groups is 1. The van der Waals surface area contributed by atoms with Crippen molar-refractivity contribution >= 4 is 29.0 Å². The molecule has 0 spiro atoms.